The van der Waals surface area contributed by atoms with Gasteiger partial charge in [0.15, 0.2) is 0 Å². The topological polar surface area (TPSA) is 39.1 Å². The second kappa shape index (κ2) is 4.37. The minimum Gasteiger partial charge on any atom is -0.496 e. The minimum absolute atomic E-state index is 0.515. The summed E-state index contributed by atoms with van der Waals surface area (Å²) in [6, 6.07) is 6.64. The second-order valence-corrected chi connectivity index (χ2v) is 4.46. The van der Waals surface area contributed by atoms with Gasteiger partial charge in [0.1, 0.15) is 5.75 Å². The molecule has 4 nitrogen and oxygen atoms in total. The summed E-state index contributed by atoms with van der Waals surface area (Å²) in [5, 5.41) is 9.02. The van der Waals surface area contributed by atoms with Gasteiger partial charge in [0, 0.05) is 0 Å². The third-order valence-electron chi connectivity index (χ3n) is 3.48. The number of fused-ring (bicyclic) bond motifs is 1. The van der Waals surface area contributed by atoms with E-state index in [-0.39, 0.29) is 0 Å². The van der Waals surface area contributed by atoms with Crippen molar-refractivity contribution in [3.63, 3.8) is 0 Å². The highest BCUT2D eigenvalue weighted by molar-refractivity contribution is 5.85. The molecule has 1 aromatic heterocycles. The monoisotopic (exact) mass is 231 g/mol. The molecule has 0 spiro atoms. The predicted octanol–water partition coefficient (Wildman–Crippen LogP) is 1.97. The Balaban J connectivity index is 2.05. The summed E-state index contributed by atoms with van der Waals surface area (Å²) in [5.41, 5.74) is 1.18. The van der Waals surface area contributed by atoms with Gasteiger partial charge in [-0.2, -0.15) is 5.10 Å². The van der Waals surface area contributed by atoms with Gasteiger partial charge < -0.3 is 10.1 Å². The smallest absolute Gasteiger partial charge is 0.129 e. The number of methoxy groups -OCH3 is 1. The molecule has 0 atom stereocenters. The van der Waals surface area contributed by atoms with Crippen LogP contribution in [0.4, 0.5) is 0 Å². The highest BCUT2D eigenvalue weighted by atomic mass is 16.5. The molecule has 0 amide bonds. The molecule has 1 aliphatic heterocycles. The van der Waals surface area contributed by atoms with Crippen molar-refractivity contribution in [2.24, 2.45) is 0 Å². The first-order valence-corrected chi connectivity index (χ1v) is 6.11. The van der Waals surface area contributed by atoms with E-state index in [1.165, 1.54) is 5.52 Å². The van der Waals surface area contributed by atoms with E-state index in [4.69, 9.17) is 4.74 Å². The van der Waals surface area contributed by atoms with Gasteiger partial charge in [-0.1, -0.05) is 6.07 Å². The van der Waals surface area contributed by atoms with E-state index in [1.54, 1.807) is 7.11 Å². The number of nitrogens with zero attached hydrogens (tertiary/aromatic N) is 2. The zero-order valence-corrected chi connectivity index (χ0v) is 10.0. The van der Waals surface area contributed by atoms with Crippen molar-refractivity contribution in [2.75, 3.05) is 20.2 Å². The number of hydrogen-bond acceptors (Lipinski definition) is 3. The van der Waals surface area contributed by atoms with Crippen molar-refractivity contribution < 1.29 is 4.74 Å². The van der Waals surface area contributed by atoms with Gasteiger partial charge >= 0.3 is 0 Å². The number of benzene rings is 1. The first-order valence-electron chi connectivity index (χ1n) is 6.11. The van der Waals surface area contributed by atoms with Gasteiger partial charge in [-0.15, -0.1) is 0 Å². The van der Waals surface area contributed by atoms with Crippen molar-refractivity contribution in [3.8, 4) is 5.75 Å². The van der Waals surface area contributed by atoms with Crippen LogP contribution in [0.2, 0.25) is 0 Å². The van der Waals surface area contributed by atoms with Crippen LogP contribution in [0.1, 0.15) is 18.9 Å². The van der Waals surface area contributed by atoms with E-state index in [1.807, 2.05) is 18.3 Å². The molecule has 1 aromatic carbocycles. The molecule has 17 heavy (non-hydrogen) atoms. The summed E-state index contributed by atoms with van der Waals surface area (Å²) >= 11 is 0. The third kappa shape index (κ3) is 1.78. The molecule has 0 radical (unpaired) electrons. The molecule has 1 fully saturated rings. The molecule has 0 saturated carbocycles. The lowest BCUT2D eigenvalue weighted by atomic mass is 10.1. The molecule has 0 aliphatic carbocycles. The van der Waals surface area contributed by atoms with Gasteiger partial charge in [-0.25, -0.2) is 0 Å². The number of aromatic nitrogens is 2. The molecule has 1 N–H and O–H groups in total. The first kappa shape index (κ1) is 10.6. The van der Waals surface area contributed by atoms with Gasteiger partial charge in [-0.05, 0) is 38.1 Å². The molecule has 2 heterocycles. The number of nitrogens with one attached hydrogen (secondary N) is 1. The van der Waals surface area contributed by atoms with Crippen molar-refractivity contribution in [3.05, 3.63) is 24.4 Å². The van der Waals surface area contributed by atoms with E-state index < -0.39 is 0 Å². The van der Waals surface area contributed by atoms with Gasteiger partial charge in [0.05, 0.1) is 30.3 Å². The van der Waals surface area contributed by atoms with Crippen LogP contribution in [-0.4, -0.2) is 30.0 Å². The van der Waals surface area contributed by atoms with Crippen molar-refractivity contribution in [2.45, 2.75) is 18.9 Å². The second-order valence-electron chi connectivity index (χ2n) is 4.46. The first-order chi connectivity index (χ1) is 8.40. The molecule has 4 heteroatoms. The Bertz CT molecular complexity index is 514. The fourth-order valence-corrected chi connectivity index (χ4v) is 2.56. The Kier molecular flexibility index (Phi) is 2.73. The summed E-state index contributed by atoms with van der Waals surface area (Å²) in [5.74, 6) is 0.905. The number of hydrogen-bond donors (Lipinski definition) is 1. The van der Waals surface area contributed by atoms with Crippen molar-refractivity contribution >= 4 is 10.9 Å². The highest BCUT2D eigenvalue weighted by Gasteiger charge is 2.18. The SMILES string of the molecule is COc1cccc2c1cnn2C1CCNCC1. The lowest BCUT2D eigenvalue weighted by Gasteiger charge is -2.23. The zero-order valence-electron chi connectivity index (χ0n) is 10.0. The van der Waals surface area contributed by atoms with Gasteiger partial charge in [0.25, 0.3) is 0 Å². The molecule has 0 bridgehead atoms. The standard InChI is InChI=1S/C13H17N3O/c1-17-13-4-2-3-12-11(13)9-15-16(12)10-5-7-14-8-6-10/h2-4,9-10,14H,5-8H2,1H3. The van der Waals surface area contributed by atoms with E-state index >= 15 is 0 Å². The van der Waals surface area contributed by atoms with Crippen LogP contribution in [0.3, 0.4) is 0 Å². The normalized spacial score (nSPS) is 17.5. The zero-order chi connectivity index (χ0) is 11.7. The maximum atomic E-state index is 5.36. The van der Waals surface area contributed by atoms with E-state index in [2.05, 4.69) is 21.2 Å². The molecule has 0 unspecified atom stereocenters. The Morgan fingerprint density at radius 1 is 1.35 bits per heavy atom. The quantitative estimate of drug-likeness (QED) is 0.859. The summed E-state index contributed by atoms with van der Waals surface area (Å²) in [6.07, 6.45) is 4.21. The minimum atomic E-state index is 0.515. The summed E-state index contributed by atoms with van der Waals surface area (Å²) in [7, 11) is 1.71. The van der Waals surface area contributed by atoms with Crippen LogP contribution in [0.15, 0.2) is 24.4 Å². The molecular formula is C13H17N3O. The number of rotatable bonds is 2. The molecule has 1 saturated heterocycles. The van der Waals surface area contributed by atoms with Gasteiger partial charge in [0.2, 0.25) is 0 Å². The lowest BCUT2D eigenvalue weighted by Crippen LogP contribution is -2.29. The van der Waals surface area contributed by atoms with Crippen LogP contribution < -0.4 is 10.1 Å². The molecule has 1 aliphatic rings. The van der Waals surface area contributed by atoms with Crippen LogP contribution in [0.5, 0.6) is 5.75 Å². The van der Waals surface area contributed by atoms with E-state index in [0.717, 1.165) is 37.1 Å². The maximum absolute atomic E-state index is 5.36. The van der Waals surface area contributed by atoms with Crippen molar-refractivity contribution in [1.29, 1.82) is 0 Å². The third-order valence-corrected chi connectivity index (χ3v) is 3.48. The Morgan fingerprint density at radius 2 is 2.18 bits per heavy atom. The van der Waals surface area contributed by atoms with Gasteiger partial charge in [-0.3, -0.25) is 4.68 Å². The molecule has 3 rings (SSSR count). The largest absolute Gasteiger partial charge is 0.496 e. The van der Waals surface area contributed by atoms with Crippen LogP contribution in [0, 0.1) is 0 Å². The highest BCUT2D eigenvalue weighted by Crippen LogP contribution is 2.29. The fourth-order valence-electron chi connectivity index (χ4n) is 2.56. The summed E-state index contributed by atoms with van der Waals surface area (Å²) < 4.78 is 7.51. The molecular weight excluding hydrogens is 214 g/mol. The Morgan fingerprint density at radius 3 is 2.94 bits per heavy atom. The number of piperidine rings is 1. The van der Waals surface area contributed by atoms with Crippen LogP contribution >= 0.6 is 0 Å². The van der Waals surface area contributed by atoms with Crippen LogP contribution in [0.25, 0.3) is 10.9 Å². The Hall–Kier alpha value is -1.55. The fraction of sp³-hybridized carbons (Fsp3) is 0.462. The summed E-state index contributed by atoms with van der Waals surface area (Å²) in [6.45, 7) is 2.16. The lowest BCUT2D eigenvalue weighted by molar-refractivity contribution is 0.351. The van der Waals surface area contributed by atoms with E-state index in [0.29, 0.717) is 6.04 Å². The molecule has 2 aromatic rings. The number of ether oxygens (including phenoxy) is 1. The Labute approximate surface area is 101 Å². The van der Waals surface area contributed by atoms with Crippen LogP contribution in [-0.2, 0) is 0 Å². The molecule has 90 valence electrons. The maximum Gasteiger partial charge on any atom is 0.129 e. The summed E-state index contributed by atoms with van der Waals surface area (Å²) in [4.78, 5) is 0. The average Bonchev–Trinajstić information content (AvgIpc) is 2.83. The van der Waals surface area contributed by atoms with E-state index in [9.17, 15) is 0 Å². The average molecular weight is 231 g/mol. The van der Waals surface area contributed by atoms with Crippen molar-refractivity contribution in [1.82, 2.24) is 15.1 Å². The predicted molar refractivity (Wildman–Crippen MR) is 67.4 cm³/mol.